The maximum atomic E-state index is 5.30. The molecular formula is C5H14OSSi. The normalized spacial score (nSPS) is 18.4. The third-order valence-corrected chi connectivity index (χ3v) is 3.23. The van der Waals surface area contributed by atoms with Gasteiger partial charge < -0.3 is 4.43 Å². The van der Waals surface area contributed by atoms with Gasteiger partial charge in [-0.2, -0.15) is 12.6 Å². The molecule has 0 aliphatic heterocycles. The minimum atomic E-state index is 0.0509. The topological polar surface area (TPSA) is 9.23 Å². The third kappa shape index (κ3) is 2.20. The molecule has 3 heteroatoms. The Kier molecular flexibility index (Phi) is 3.77. The van der Waals surface area contributed by atoms with Crippen LogP contribution >= 0.6 is 12.6 Å². The number of rotatable bonds is 3. The summed E-state index contributed by atoms with van der Waals surface area (Å²) in [5.74, 6) is 0.826. The second-order valence-electron chi connectivity index (χ2n) is 2.17. The van der Waals surface area contributed by atoms with E-state index in [1.54, 1.807) is 0 Å². The van der Waals surface area contributed by atoms with Crippen molar-refractivity contribution in [3.05, 3.63) is 0 Å². The predicted octanol–water partition coefficient (Wildman–Crippen LogP) is 0.382. The van der Waals surface area contributed by atoms with E-state index in [4.69, 9.17) is 4.43 Å². The summed E-state index contributed by atoms with van der Waals surface area (Å²) >= 11 is 4.16. The maximum absolute atomic E-state index is 5.30. The Morgan fingerprint density at radius 3 is 2.25 bits per heavy atom. The second kappa shape index (κ2) is 3.53. The van der Waals surface area contributed by atoms with E-state index in [9.17, 15) is 0 Å². The molecule has 50 valence electrons. The molecule has 1 atom stereocenters. The lowest BCUT2D eigenvalue weighted by Crippen LogP contribution is -2.28. The standard InChI is InChI=1S/C5H14OSSi/c1-3-5(2,4-7)6-8/h7H,3-4H2,1-2,8H3. The van der Waals surface area contributed by atoms with Crippen LogP contribution in [0.15, 0.2) is 0 Å². The highest BCUT2D eigenvalue weighted by atomic mass is 32.1. The lowest BCUT2D eigenvalue weighted by Gasteiger charge is -2.24. The largest absolute Gasteiger partial charge is 0.422 e. The zero-order valence-electron chi connectivity index (χ0n) is 5.77. The number of hydrogen-bond donors (Lipinski definition) is 1. The highest BCUT2D eigenvalue weighted by Gasteiger charge is 2.16. The van der Waals surface area contributed by atoms with Gasteiger partial charge in [-0.15, -0.1) is 0 Å². The van der Waals surface area contributed by atoms with Gasteiger partial charge in [0, 0.05) is 5.75 Å². The van der Waals surface area contributed by atoms with Crippen molar-refractivity contribution < 1.29 is 4.43 Å². The Balaban J connectivity index is 3.58. The molecule has 0 saturated carbocycles. The Hall–Kier alpha value is 0.527. The average Bonchev–Trinajstić information content (AvgIpc) is 1.87. The lowest BCUT2D eigenvalue weighted by atomic mass is 10.1. The lowest BCUT2D eigenvalue weighted by molar-refractivity contribution is 0.125. The molecule has 0 aliphatic rings. The van der Waals surface area contributed by atoms with Crippen LogP contribution in [-0.4, -0.2) is 21.8 Å². The molecule has 0 saturated heterocycles. The first-order chi connectivity index (χ1) is 3.68. The van der Waals surface area contributed by atoms with Crippen molar-refractivity contribution in [2.45, 2.75) is 25.9 Å². The van der Waals surface area contributed by atoms with Gasteiger partial charge in [-0.25, -0.2) is 0 Å². The van der Waals surface area contributed by atoms with Crippen LogP contribution in [0.4, 0.5) is 0 Å². The SMILES string of the molecule is CCC(C)(CS)O[SiH3]. The molecule has 0 fully saturated rings. The Morgan fingerprint density at radius 1 is 1.75 bits per heavy atom. The molecule has 8 heavy (non-hydrogen) atoms. The molecule has 0 aromatic rings. The molecule has 0 rings (SSSR count). The summed E-state index contributed by atoms with van der Waals surface area (Å²) < 4.78 is 5.30. The van der Waals surface area contributed by atoms with Gasteiger partial charge in [-0.3, -0.25) is 0 Å². The van der Waals surface area contributed by atoms with Crippen molar-refractivity contribution in [1.82, 2.24) is 0 Å². The van der Waals surface area contributed by atoms with E-state index in [-0.39, 0.29) is 5.60 Å². The van der Waals surface area contributed by atoms with Crippen molar-refractivity contribution in [2.24, 2.45) is 0 Å². The van der Waals surface area contributed by atoms with Crippen molar-refractivity contribution in [3.8, 4) is 0 Å². The smallest absolute Gasteiger partial charge is 0.146 e. The average molecular weight is 150 g/mol. The van der Waals surface area contributed by atoms with Crippen LogP contribution in [-0.2, 0) is 4.43 Å². The molecule has 0 aromatic carbocycles. The third-order valence-electron chi connectivity index (χ3n) is 1.58. The quantitative estimate of drug-likeness (QED) is 0.452. The summed E-state index contributed by atoms with van der Waals surface area (Å²) in [4.78, 5) is 0. The minimum Gasteiger partial charge on any atom is -0.422 e. The van der Waals surface area contributed by atoms with Crippen molar-refractivity contribution >= 4 is 23.1 Å². The van der Waals surface area contributed by atoms with Gasteiger partial charge >= 0.3 is 0 Å². The van der Waals surface area contributed by atoms with Gasteiger partial charge in [0.05, 0.1) is 5.60 Å². The summed E-state index contributed by atoms with van der Waals surface area (Å²) in [5, 5.41) is 0. The van der Waals surface area contributed by atoms with E-state index < -0.39 is 0 Å². The van der Waals surface area contributed by atoms with Crippen LogP contribution < -0.4 is 0 Å². The predicted molar refractivity (Wildman–Crippen MR) is 43.6 cm³/mol. The molecule has 0 spiro atoms. The first-order valence-electron chi connectivity index (χ1n) is 2.84. The molecular weight excluding hydrogens is 136 g/mol. The fourth-order valence-corrected chi connectivity index (χ4v) is 1.35. The van der Waals surface area contributed by atoms with Crippen LogP contribution in [0.3, 0.4) is 0 Å². The fourth-order valence-electron chi connectivity index (χ4n) is 0.321. The van der Waals surface area contributed by atoms with Crippen LogP contribution in [0.25, 0.3) is 0 Å². The molecule has 0 radical (unpaired) electrons. The van der Waals surface area contributed by atoms with Crippen LogP contribution in [0.2, 0.25) is 0 Å². The number of thiol groups is 1. The van der Waals surface area contributed by atoms with Gasteiger partial charge in [0.1, 0.15) is 10.5 Å². The highest BCUT2D eigenvalue weighted by molar-refractivity contribution is 7.80. The monoisotopic (exact) mass is 150 g/mol. The summed E-state index contributed by atoms with van der Waals surface area (Å²) in [6, 6.07) is 0. The second-order valence-corrected chi connectivity index (χ2v) is 2.89. The van der Waals surface area contributed by atoms with E-state index in [1.165, 1.54) is 0 Å². The summed E-state index contributed by atoms with van der Waals surface area (Å²) in [7, 11) is 0.817. The molecule has 0 heterocycles. The highest BCUT2D eigenvalue weighted by Crippen LogP contribution is 2.13. The molecule has 0 amide bonds. The summed E-state index contributed by atoms with van der Waals surface area (Å²) in [6.07, 6.45) is 1.06. The maximum Gasteiger partial charge on any atom is 0.146 e. The fraction of sp³-hybridized carbons (Fsp3) is 1.00. The zero-order chi connectivity index (χ0) is 6.62. The number of hydrogen-bond acceptors (Lipinski definition) is 2. The van der Waals surface area contributed by atoms with Gasteiger partial charge in [0.15, 0.2) is 0 Å². The minimum absolute atomic E-state index is 0.0509. The van der Waals surface area contributed by atoms with Gasteiger partial charge in [0.2, 0.25) is 0 Å². The van der Waals surface area contributed by atoms with Crippen molar-refractivity contribution in [3.63, 3.8) is 0 Å². The Bertz CT molecular complexity index is 55.2. The van der Waals surface area contributed by atoms with Crippen molar-refractivity contribution in [2.75, 3.05) is 5.75 Å². The van der Waals surface area contributed by atoms with E-state index in [2.05, 4.69) is 26.5 Å². The van der Waals surface area contributed by atoms with E-state index in [1.807, 2.05) is 0 Å². The van der Waals surface area contributed by atoms with Crippen molar-refractivity contribution in [1.29, 1.82) is 0 Å². The molecule has 0 bridgehead atoms. The summed E-state index contributed by atoms with van der Waals surface area (Å²) in [6.45, 7) is 4.21. The van der Waals surface area contributed by atoms with Gasteiger partial charge in [-0.05, 0) is 13.3 Å². The molecule has 0 N–H and O–H groups in total. The molecule has 0 aliphatic carbocycles. The van der Waals surface area contributed by atoms with E-state index >= 15 is 0 Å². The van der Waals surface area contributed by atoms with Gasteiger partial charge in [0.25, 0.3) is 0 Å². The zero-order valence-corrected chi connectivity index (χ0v) is 8.66. The molecule has 1 unspecified atom stereocenters. The van der Waals surface area contributed by atoms with Crippen LogP contribution in [0.5, 0.6) is 0 Å². The van der Waals surface area contributed by atoms with E-state index in [0.717, 1.165) is 22.7 Å². The van der Waals surface area contributed by atoms with Crippen LogP contribution in [0.1, 0.15) is 20.3 Å². The van der Waals surface area contributed by atoms with E-state index in [0.29, 0.717) is 0 Å². The first kappa shape index (κ1) is 8.53. The van der Waals surface area contributed by atoms with Crippen LogP contribution in [0, 0.1) is 0 Å². The first-order valence-corrected chi connectivity index (χ1v) is 4.29. The molecule has 1 nitrogen and oxygen atoms in total. The Morgan fingerprint density at radius 2 is 2.25 bits per heavy atom. The summed E-state index contributed by atoms with van der Waals surface area (Å²) in [5.41, 5.74) is 0.0509. The molecule has 0 aromatic heterocycles. The van der Waals surface area contributed by atoms with Gasteiger partial charge in [-0.1, -0.05) is 6.92 Å². The Labute approximate surface area is 59.8 Å².